The highest BCUT2D eigenvalue weighted by atomic mass is 16.5. The first kappa shape index (κ1) is 23.8. The molecular formula is C28H28N4O4. The third-order valence-corrected chi connectivity index (χ3v) is 6.69. The number of nitrogens with zero attached hydrogens (tertiary/aromatic N) is 4. The van der Waals surface area contributed by atoms with E-state index in [0.29, 0.717) is 47.7 Å². The van der Waals surface area contributed by atoms with Crippen LogP contribution in [0.15, 0.2) is 60.3 Å². The zero-order valence-corrected chi connectivity index (χ0v) is 20.4. The van der Waals surface area contributed by atoms with E-state index >= 15 is 0 Å². The highest BCUT2D eigenvalue weighted by molar-refractivity contribution is 6.26. The zero-order chi connectivity index (χ0) is 25.2. The second-order valence-corrected chi connectivity index (χ2v) is 9.00. The van der Waals surface area contributed by atoms with Gasteiger partial charge in [-0.15, -0.1) is 0 Å². The molecule has 184 valence electrons. The van der Waals surface area contributed by atoms with Crippen molar-refractivity contribution in [1.29, 1.82) is 0 Å². The van der Waals surface area contributed by atoms with Gasteiger partial charge in [-0.05, 0) is 42.5 Å². The number of amides is 2. The van der Waals surface area contributed by atoms with E-state index < -0.39 is 0 Å². The molecule has 1 fully saturated rings. The first-order valence-electron chi connectivity index (χ1n) is 12.0. The van der Waals surface area contributed by atoms with Crippen molar-refractivity contribution in [2.24, 2.45) is 0 Å². The Kier molecular flexibility index (Phi) is 6.63. The van der Waals surface area contributed by atoms with Gasteiger partial charge in [-0.25, -0.2) is 4.98 Å². The maximum Gasteiger partial charge on any atom is 0.253 e. The molecule has 1 saturated heterocycles. The fourth-order valence-electron chi connectivity index (χ4n) is 4.77. The second kappa shape index (κ2) is 10.0. The largest absolute Gasteiger partial charge is 0.383 e. The number of rotatable bonds is 5. The number of carbonyl (C=O) groups excluding carboxylic acids is 3. The Morgan fingerprint density at radius 1 is 1.03 bits per heavy atom. The van der Waals surface area contributed by atoms with Crippen molar-refractivity contribution < 1.29 is 19.1 Å². The number of benzene rings is 2. The number of para-hydroxylation sites is 1. The van der Waals surface area contributed by atoms with Crippen molar-refractivity contribution in [3.05, 3.63) is 77.1 Å². The molecule has 1 aromatic heterocycles. The quantitative estimate of drug-likeness (QED) is 0.517. The van der Waals surface area contributed by atoms with Gasteiger partial charge in [-0.3, -0.25) is 24.2 Å². The first-order valence-corrected chi connectivity index (χ1v) is 12.0. The number of hydrogen-bond acceptors (Lipinski definition) is 6. The molecule has 2 aromatic carbocycles. The van der Waals surface area contributed by atoms with Crippen LogP contribution in [-0.2, 0) is 9.53 Å². The van der Waals surface area contributed by atoms with Crippen molar-refractivity contribution in [3.8, 4) is 0 Å². The number of ketones is 1. The van der Waals surface area contributed by atoms with Gasteiger partial charge in [0.15, 0.2) is 0 Å². The average molecular weight is 485 g/mol. The molecule has 8 nitrogen and oxygen atoms in total. The van der Waals surface area contributed by atoms with Gasteiger partial charge in [-0.1, -0.05) is 18.2 Å². The molecule has 0 aliphatic carbocycles. The summed E-state index contributed by atoms with van der Waals surface area (Å²) in [5, 5.41) is 0.839. The van der Waals surface area contributed by atoms with Gasteiger partial charge < -0.3 is 9.64 Å². The molecule has 0 N–H and O–H groups in total. The molecule has 3 aromatic rings. The number of anilines is 1. The van der Waals surface area contributed by atoms with Crippen LogP contribution in [0.25, 0.3) is 17.0 Å². The number of fused-ring (bicyclic) bond motifs is 2. The molecule has 2 aliphatic rings. The summed E-state index contributed by atoms with van der Waals surface area (Å²) in [4.78, 5) is 48.7. The van der Waals surface area contributed by atoms with Gasteiger partial charge in [0.25, 0.3) is 5.91 Å². The molecule has 8 heteroatoms. The number of carbonyl (C=O) groups is 3. The molecule has 2 aliphatic heterocycles. The lowest BCUT2D eigenvalue weighted by Crippen LogP contribution is -2.49. The minimum atomic E-state index is -0.233. The van der Waals surface area contributed by atoms with Gasteiger partial charge >= 0.3 is 0 Å². The Hall–Kier alpha value is -3.88. The normalized spacial score (nSPS) is 17.2. The predicted molar refractivity (Wildman–Crippen MR) is 138 cm³/mol. The van der Waals surface area contributed by atoms with Gasteiger partial charge in [0.2, 0.25) is 11.7 Å². The summed E-state index contributed by atoms with van der Waals surface area (Å²) >= 11 is 0. The van der Waals surface area contributed by atoms with E-state index in [1.165, 1.54) is 11.8 Å². The highest BCUT2D eigenvalue weighted by Crippen LogP contribution is 2.35. The summed E-state index contributed by atoms with van der Waals surface area (Å²) in [5.41, 5.74) is 3.28. The van der Waals surface area contributed by atoms with Crippen LogP contribution in [0.4, 0.5) is 5.69 Å². The van der Waals surface area contributed by atoms with Gasteiger partial charge in [0, 0.05) is 63.3 Å². The van der Waals surface area contributed by atoms with E-state index in [4.69, 9.17) is 4.74 Å². The molecule has 3 heterocycles. The molecule has 0 unspecified atom stereocenters. The Morgan fingerprint density at radius 3 is 2.56 bits per heavy atom. The van der Waals surface area contributed by atoms with Crippen LogP contribution in [0.5, 0.6) is 0 Å². The van der Waals surface area contributed by atoms with E-state index in [1.807, 2.05) is 23.1 Å². The van der Waals surface area contributed by atoms with E-state index in [2.05, 4.69) is 9.88 Å². The Bertz CT molecular complexity index is 1370. The SMILES string of the molecule is COCCN1CCN(C(=O)c2ccc3nc(/C=C4/C(=O)c5ccccc5N4C(C)=O)ccc3c2)CC1. The fraction of sp³-hybridized carbons (Fsp3) is 0.286. The summed E-state index contributed by atoms with van der Waals surface area (Å²) in [6.07, 6.45) is 1.64. The molecule has 0 spiro atoms. The standard InChI is InChI=1S/C28H28N4O4/c1-19(33)32-25-6-4-3-5-23(25)27(34)26(32)18-22-9-7-20-17-21(8-10-24(20)29-22)28(35)31-13-11-30(12-14-31)15-16-36-2/h3-10,17-18H,11-16H2,1-2H3/b26-18-. The van der Waals surface area contributed by atoms with Crippen LogP contribution in [0, 0.1) is 0 Å². The maximum atomic E-state index is 13.1. The number of allylic oxidation sites excluding steroid dienone is 1. The van der Waals surface area contributed by atoms with Crippen molar-refractivity contribution in [2.45, 2.75) is 6.92 Å². The molecule has 2 amide bonds. The number of ether oxygens (including phenoxy) is 1. The smallest absolute Gasteiger partial charge is 0.253 e. The van der Waals surface area contributed by atoms with Gasteiger partial charge in [-0.2, -0.15) is 0 Å². The average Bonchev–Trinajstić information content (AvgIpc) is 3.18. The third-order valence-electron chi connectivity index (χ3n) is 6.69. The zero-order valence-electron chi connectivity index (χ0n) is 20.4. The number of aromatic nitrogens is 1. The summed E-state index contributed by atoms with van der Waals surface area (Å²) in [7, 11) is 1.70. The van der Waals surface area contributed by atoms with E-state index in [1.54, 1.807) is 49.6 Å². The number of Topliss-reactive ketones (excluding diaryl/α,β-unsaturated/α-hetero) is 1. The van der Waals surface area contributed by atoms with Crippen molar-refractivity contribution >= 4 is 40.3 Å². The van der Waals surface area contributed by atoms with Crippen molar-refractivity contribution in [3.63, 3.8) is 0 Å². The minimum Gasteiger partial charge on any atom is -0.383 e. The van der Waals surface area contributed by atoms with E-state index in [9.17, 15) is 14.4 Å². The van der Waals surface area contributed by atoms with Crippen LogP contribution in [-0.4, -0.2) is 78.8 Å². The molecule has 0 saturated carbocycles. The van der Waals surface area contributed by atoms with E-state index in [0.717, 1.165) is 25.0 Å². The molecule has 5 rings (SSSR count). The number of hydrogen-bond donors (Lipinski definition) is 0. The minimum absolute atomic E-state index is 0.0147. The maximum absolute atomic E-state index is 13.1. The molecular weight excluding hydrogens is 456 g/mol. The fourth-order valence-corrected chi connectivity index (χ4v) is 4.77. The van der Waals surface area contributed by atoms with Crippen LogP contribution in [0.1, 0.15) is 33.3 Å². The van der Waals surface area contributed by atoms with Gasteiger partial charge in [0.1, 0.15) is 0 Å². The Morgan fingerprint density at radius 2 is 1.81 bits per heavy atom. The third kappa shape index (κ3) is 4.53. The Labute approximate surface area is 209 Å². The molecule has 0 bridgehead atoms. The van der Waals surface area contributed by atoms with Crippen LogP contribution in [0.2, 0.25) is 0 Å². The summed E-state index contributed by atoms with van der Waals surface area (Å²) in [6.45, 7) is 6.06. The first-order chi connectivity index (χ1) is 17.5. The number of piperazine rings is 1. The summed E-state index contributed by atoms with van der Waals surface area (Å²) < 4.78 is 5.14. The molecule has 0 radical (unpaired) electrons. The predicted octanol–water partition coefficient (Wildman–Crippen LogP) is 3.23. The van der Waals surface area contributed by atoms with Crippen LogP contribution in [0.3, 0.4) is 0 Å². The molecule has 0 atom stereocenters. The monoisotopic (exact) mass is 484 g/mol. The summed E-state index contributed by atoms with van der Waals surface area (Å²) in [6, 6.07) is 16.2. The lowest BCUT2D eigenvalue weighted by atomic mass is 10.1. The lowest BCUT2D eigenvalue weighted by molar-refractivity contribution is -0.116. The number of methoxy groups -OCH3 is 1. The van der Waals surface area contributed by atoms with Crippen LogP contribution < -0.4 is 4.90 Å². The van der Waals surface area contributed by atoms with Crippen molar-refractivity contribution in [1.82, 2.24) is 14.8 Å². The van der Waals surface area contributed by atoms with Gasteiger partial charge in [0.05, 0.1) is 29.2 Å². The number of pyridine rings is 1. The summed E-state index contributed by atoms with van der Waals surface area (Å²) in [5.74, 6) is -0.421. The Balaban J connectivity index is 1.36. The highest BCUT2D eigenvalue weighted by Gasteiger charge is 2.34. The lowest BCUT2D eigenvalue weighted by Gasteiger charge is -2.34. The van der Waals surface area contributed by atoms with Crippen molar-refractivity contribution in [2.75, 3.05) is 51.3 Å². The van der Waals surface area contributed by atoms with E-state index in [-0.39, 0.29) is 23.3 Å². The van der Waals surface area contributed by atoms with Crippen LogP contribution >= 0.6 is 0 Å². The second-order valence-electron chi connectivity index (χ2n) is 9.00. The topological polar surface area (TPSA) is 83.1 Å². The molecule has 36 heavy (non-hydrogen) atoms.